The molecule has 2 heterocycles. The van der Waals surface area contributed by atoms with Crippen molar-refractivity contribution in [1.82, 2.24) is 10.2 Å². The highest BCUT2D eigenvalue weighted by Gasteiger charge is 2.40. The molecule has 0 aliphatic carbocycles. The first-order valence-electron chi connectivity index (χ1n) is 11.4. The number of nitrogens with one attached hydrogen (secondary N) is 1. The molecule has 2 unspecified atom stereocenters. The fourth-order valence-electron chi connectivity index (χ4n) is 4.27. The van der Waals surface area contributed by atoms with Gasteiger partial charge in [-0.1, -0.05) is 29.3 Å². The summed E-state index contributed by atoms with van der Waals surface area (Å²) in [7, 11) is 3.11. The minimum absolute atomic E-state index is 0.296. The quantitative estimate of drug-likeness (QED) is 0.639. The third kappa shape index (κ3) is 4.99. The van der Waals surface area contributed by atoms with Crippen LogP contribution < -0.4 is 19.7 Å². The molecule has 0 bridgehead atoms. The van der Waals surface area contributed by atoms with Crippen molar-refractivity contribution in [3.05, 3.63) is 53.6 Å². The highest BCUT2D eigenvalue weighted by molar-refractivity contribution is 6.01. The van der Waals surface area contributed by atoms with Crippen molar-refractivity contribution in [2.45, 2.75) is 38.6 Å². The van der Waals surface area contributed by atoms with Gasteiger partial charge in [0.15, 0.2) is 11.5 Å². The van der Waals surface area contributed by atoms with Gasteiger partial charge in [0.05, 0.1) is 19.9 Å². The van der Waals surface area contributed by atoms with Crippen molar-refractivity contribution < 1.29 is 23.9 Å². The first kappa shape index (κ1) is 23.6. The molecular formula is C25H30N4O5. The van der Waals surface area contributed by atoms with E-state index in [4.69, 9.17) is 14.3 Å². The van der Waals surface area contributed by atoms with E-state index in [9.17, 15) is 9.59 Å². The van der Waals surface area contributed by atoms with Crippen LogP contribution in [0.25, 0.3) is 0 Å². The molecule has 2 aliphatic heterocycles. The lowest BCUT2D eigenvalue weighted by atomic mass is 10.1. The summed E-state index contributed by atoms with van der Waals surface area (Å²) in [5.74, 6) is 0.494. The van der Waals surface area contributed by atoms with Crippen molar-refractivity contribution in [2.24, 2.45) is 5.16 Å². The lowest BCUT2D eigenvalue weighted by Gasteiger charge is -2.35. The number of nitrogens with zero attached hydrogens (tertiary/aromatic N) is 3. The maximum atomic E-state index is 13.8. The molecule has 180 valence electrons. The molecular weight excluding hydrogens is 436 g/mol. The molecule has 4 rings (SSSR count). The van der Waals surface area contributed by atoms with Crippen LogP contribution in [0.4, 0.5) is 5.69 Å². The number of amides is 1. The average Bonchev–Trinajstić information content (AvgIpc) is 3.37. The van der Waals surface area contributed by atoms with E-state index in [0.717, 1.165) is 24.8 Å². The number of carbonyl (C=O) groups is 2. The van der Waals surface area contributed by atoms with E-state index in [1.807, 2.05) is 24.0 Å². The van der Waals surface area contributed by atoms with Gasteiger partial charge in [0.2, 0.25) is 5.78 Å². The van der Waals surface area contributed by atoms with Gasteiger partial charge in [0, 0.05) is 24.7 Å². The second-order valence-corrected chi connectivity index (χ2v) is 8.37. The first-order chi connectivity index (χ1) is 16.5. The van der Waals surface area contributed by atoms with E-state index in [0.29, 0.717) is 35.8 Å². The third-order valence-electron chi connectivity index (χ3n) is 6.07. The van der Waals surface area contributed by atoms with Crippen LogP contribution in [0.1, 0.15) is 35.2 Å². The highest BCUT2D eigenvalue weighted by atomic mass is 16.7. The molecule has 9 nitrogen and oxygen atoms in total. The van der Waals surface area contributed by atoms with Crippen LogP contribution >= 0.6 is 0 Å². The van der Waals surface area contributed by atoms with E-state index < -0.39 is 12.4 Å². The summed E-state index contributed by atoms with van der Waals surface area (Å²) < 4.78 is 10.7. The Morgan fingerprint density at radius 1 is 1.06 bits per heavy atom. The number of ketones is 1. The molecule has 2 atom stereocenters. The number of benzene rings is 2. The molecule has 0 radical (unpaired) electrons. The minimum atomic E-state index is -1.03. The van der Waals surface area contributed by atoms with Gasteiger partial charge >= 0.3 is 0 Å². The van der Waals surface area contributed by atoms with Crippen LogP contribution in [0.2, 0.25) is 0 Å². The van der Waals surface area contributed by atoms with Crippen molar-refractivity contribution in [2.75, 3.05) is 32.2 Å². The SMILES string of the molecule is COc1ccc(N2C=NOC2C(=O)C(NC(=O)c2cccc(C)c2)N2CCCCC2)cc1OC. The summed E-state index contributed by atoms with van der Waals surface area (Å²) in [4.78, 5) is 36.0. The molecule has 1 saturated heterocycles. The minimum Gasteiger partial charge on any atom is -0.493 e. The van der Waals surface area contributed by atoms with Crippen LogP contribution in [0.5, 0.6) is 11.5 Å². The Morgan fingerprint density at radius 3 is 2.53 bits per heavy atom. The number of oxime groups is 1. The number of hydrogen-bond acceptors (Lipinski definition) is 8. The predicted molar refractivity (Wildman–Crippen MR) is 128 cm³/mol. The summed E-state index contributed by atoms with van der Waals surface area (Å²) in [5, 5.41) is 6.85. The standard InChI is InChI=1S/C25H30N4O5/c1-17-8-7-9-18(14-17)24(31)27-23(28-12-5-4-6-13-28)22(30)25-29(16-26-34-25)19-10-11-20(32-2)21(15-19)33-3/h7-11,14-16,23,25H,4-6,12-13H2,1-3H3,(H,27,31). The molecule has 2 aromatic rings. The maximum Gasteiger partial charge on any atom is 0.267 e. The van der Waals surface area contributed by atoms with Crippen LogP contribution in [-0.4, -0.2) is 62.6 Å². The summed E-state index contributed by atoms with van der Waals surface area (Å²) >= 11 is 0. The number of likely N-dealkylation sites (tertiary alicyclic amines) is 1. The fourth-order valence-corrected chi connectivity index (χ4v) is 4.27. The van der Waals surface area contributed by atoms with Gasteiger partial charge < -0.3 is 19.6 Å². The topological polar surface area (TPSA) is 92.7 Å². The number of ether oxygens (including phenoxy) is 2. The number of hydrogen-bond donors (Lipinski definition) is 1. The van der Waals surface area contributed by atoms with Crippen molar-refractivity contribution in [1.29, 1.82) is 0 Å². The number of Topliss-reactive ketones (excluding diaryl/α,β-unsaturated/α-hetero) is 1. The maximum absolute atomic E-state index is 13.8. The van der Waals surface area contributed by atoms with E-state index in [1.54, 1.807) is 49.5 Å². The molecule has 1 amide bonds. The first-order valence-corrected chi connectivity index (χ1v) is 11.4. The van der Waals surface area contributed by atoms with Gasteiger partial charge in [-0.3, -0.25) is 19.4 Å². The van der Waals surface area contributed by atoms with Gasteiger partial charge in [0.1, 0.15) is 12.5 Å². The van der Waals surface area contributed by atoms with Gasteiger partial charge in [-0.05, 0) is 44.0 Å². The zero-order valence-electron chi connectivity index (χ0n) is 19.7. The van der Waals surface area contributed by atoms with E-state index >= 15 is 0 Å². The summed E-state index contributed by atoms with van der Waals surface area (Å²) in [6.07, 6.45) is 2.62. The van der Waals surface area contributed by atoms with Crippen LogP contribution in [0, 0.1) is 6.92 Å². The van der Waals surface area contributed by atoms with Crippen LogP contribution in [0.15, 0.2) is 47.6 Å². The van der Waals surface area contributed by atoms with Crippen LogP contribution in [0.3, 0.4) is 0 Å². The molecule has 1 N–H and O–H groups in total. The van der Waals surface area contributed by atoms with Gasteiger partial charge in [0.25, 0.3) is 12.1 Å². The zero-order valence-corrected chi connectivity index (χ0v) is 19.7. The van der Waals surface area contributed by atoms with Gasteiger partial charge in [-0.15, -0.1) is 0 Å². The molecule has 0 aromatic heterocycles. The molecule has 1 fully saturated rings. The Morgan fingerprint density at radius 2 is 1.82 bits per heavy atom. The molecule has 0 spiro atoms. The van der Waals surface area contributed by atoms with E-state index in [-0.39, 0.29) is 11.7 Å². The van der Waals surface area contributed by atoms with Crippen molar-refractivity contribution in [3.8, 4) is 11.5 Å². The number of carbonyl (C=O) groups excluding carboxylic acids is 2. The lowest BCUT2D eigenvalue weighted by molar-refractivity contribution is -0.135. The van der Waals surface area contributed by atoms with E-state index in [1.165, 1.54) is 6.34 Å². The molecule has 9 heteroatoms. The normalized spacial score (nSPS) is 18.8. The zero-order chi connectivity index (χ0) is 24.1. The lowest BCUT2D eigenvalue weighted by Crippen LogP contribution is -2.59. The Labute approximate surface area is 199 Å². The second kappa shape index (κ2) is 10.6. The highest BCUT2D eigenvalue weighted by Crippen LogP contribution is 2.33. The molecule has 2 aromatic carbocycles. The largest absolute Gasteiger partial charge is 0.493 e. The monoisotopic (exact) mass is 466 g/mol. The van der Waals surface area contributed by atoms with Gasteiger partial charge in [-0.25, -0.2) is 0 Å². The number of rotatable bonds is 8. The molecule has 2 aliphatic rings. The predicted octanol–water partition coefficient (Wildman–Crippen LogP) is 2.93. The Hall–Kier alpha value is -3.59. The number of methoxy groups -OCH3 is 2. The third-order valence-corrected chi connectivity index (χ3v) is 6.07. The second-order valence-electron chi connectivity index (χ2n) is 8.37. The Balaban J connectivity index is 1.59. The van der Waals surface area contributed by atoms with Gasteiger partial charge in [-0.2, -0.15) is 0 Å². The Bertz CT molecular complexity index is 1070. The number of aryl methyl sites for hydroxylation is 1. The van der Waals surface area contributed by atoms with Crippen molar-refractivity contribution in [3.63, 3.8) is 0 Å². The van der Waals surface area contributed by atoms with E-state index in [2.05, 4.69) is 10.5 Å². The summed E-state index contributed by atoms with van der Waals surface area (Å²) in [5.41, 5.74) is 2.13. The average molecular weight is 467 g/mol. The van der Waals surface area contributed by atoms with Crippen LogP contribution in [-0.2, 0) is 9.63 Å². The summed E-state index contributed by atoms with van der Waals surface area (Å²) in [6.45, 7) is 3.36. The Kier molecular flexibility index (Phi) is 7.32. The van der Waals surface area contributed by atoms with Crippen molar-refractivity contribution >= 4 is 23.7 Å². The molecule has 34 heavy (non-hydrogen) atoms. The molecule has 0 saturated carbocycles. The number of piperidine rings is 1. The smallest absolute Gasteiger partial charge is 0.267 e. The fraction of sp³-hybridized carbons (Fsp3) is 0.400. The number of anilines is 1. The summed E-state index contributed by atoms with van der Waals surface area (Å²) in [6, 6.07) is 12.6.